The topological polar surface area (TPSA) is 69.7 Å². The van der Waals surface area contributed by atoms with Crippen LogP contribution in [0.1, 0.15) is 31.0 Å². The van der Waals surface area contributed by atoms with Crippen LogP contribution in [0.5, 0.6) is 17.2 Å². The smallest absolute Gasteiger partial charge is 0.261 e. The van der Waals surface area contributed by atoms with Gasteiger partial charge in [-0.2, -0.15) is 0 Å². The molecule has 168 valence electrons. The van der Waals surface area contributed by atoms with E-state index in [2.05, 4.69) is 10.3 Å². The molecule has 2 atom stereocenters. The lowest BCUT2D eigenvalue weighted by Crippen LogP contribution is -2.37. The number of hydrogen-bond acceptors (Lipinski definition) is 5. The Bertz CT molecular complexity index is 1060. The van der Waals surface area contributed by atoms with Crippen molar-refractivity contribution in [1.29, 1.82) is 0 Å². The minimum atomic E-state index is -0.723. The van der Waals surface area contributed by atoms with E-state index in [1.165, 1.54) is 0 Å². The summed E-state index contributed by atoms with van der Waals surface area (Å²) in [5, 5.41) is 3.73. The molecule has 1 aromatic heterocycles. The third-order valence-electron chi connectivity index (χ3n) is 4.76. The van der Waals surface area contributed by atoms with Gasteiger partial charge in [-0.3, -0.25) is 9.78 Å². The lowest BCUT2D eigenvalue weighted by Gasteiger charge is -2.20. The largest absolute Gasteiger partial charge is 0.493 e. The van der Waals surface area contributed by atoms with Crippen molar-refractivity contribution in [3.05, 3.63) is 82.1 Å². The Morgan fingerprint density at radius 1 is 1.00 bits per heavy atom. The fourth-order valence-corrected chi connectivity index (χ4v) is 3.22. The second-order valence-electron chi connectivity index (χ2n) is 7.12. The molecule has 2 aromatic carbocycles. The number of methoxy groups -OCH3 is 1. The van der Waals surface area contributed by atoms with Gasteiger partial charge in [0.25, 0.3) is 5.91 Å². The van der Waals surface area contributed by atoms with Crippen molar-refractivity contribution in [2.45, 2.75) is 32.6 Å². The van der Waals surface area contributed by atoms with Gasteiger partial charge in [-0.1, -0.05) is 29.3 Å². The summed E-state index contributed by atoms with van der Waals surface area (Å²) in [4.78, 5) is 16.6. The van der Waals surface area contributed by atoms with Gasteiger partial charge in [-0.15, -0.1) is 0 Å². The lowest BCUT2D eigenvalue weighted by atomic mass is 10.1. The molecule has 32 heavy (non-hydrogen) atoms. The highest BCUT2D eigenvalue weighted by Gasteiger charge is 2.19. The van der Waals surface area contributed by atoms with Crippen molar-refractivity contribution < 1.29 is 19.0 Å². The van der Waals surface area contributed by atoms with Gasteiger partial charge in [-0.25, -0.2) is 0 Å². The standard InChI is InChI=1S/C24H24Cl2N2O4/c1-15(28-24(29)16(2)32-19-5-6-20(25)21(26)13-19)18-4-7-22(23(12-18)30-3)31-14-17-8-10-27-11-9-17/h4-13,15-16H,14H2,1-3H3,(H,28,29). The zero-order valence-electron chi connectivity index (χ0n) is 18.0. The molecule has 0 radical (unpaired) electrons. The molecule has 0 aliphatic rings. The number of amides is 1. The van der Waals surface area contributed by atoms with Crippen LogP contribution in [0.2, 0.25) is 10.0 Å². The quantitative estimate of drug-likeness (QED) is 0.435. The van der Waals surface area contributed by atoms with E-state index in [0.29, 0.717) is 33.9 Å². The summed E-state index contributed by atoms with van der Waals surface area (Å²) >= 11 is 11.9. The molecule has 0 aliphatic heterocycles. The number of hydrogen-bond donors (Lipinski definition) is 1. The summed E-state index contributed by atoms with van der Waals surface area (Å²) in [6, 6.07) is 13.9. The van der Waals surface area contributed by atoms with Gasteiger partial charge in [0, 0.05) is 18.5 Å². The maximum atomic E-state index is 12.6. The Labute approximate surface area is 197 Å². The molecule has 1 N–H and O–H groups in total. The number of carbonyl (C=O) groups is 1. The monoisotopic (exact) mass is 474 g/mol. The van der Waals surface area contributed by atoms with E-state index in [-0.39, 0.29) is 11.9 Å². The van der Waals surface area contributed by atoms with Gasteiger partial charge < -0.3 is 19.5 Å². The maximum absolute atomic E-state index is 12.6. The number of halogens is 2. The number of nitrogens with zero attached hydrogens (tertiary/aromatic N) is 1. The van der Waals surface area contributed by atoms with Crippen LogP contribution in [0, 0.1) is 0 Å². The summed E-state index contributed by atoms with van der Waals surface area (Å²) in [5.41, 5.74) is 1.87. The Morgan fingerprint density at radius 2 is 1.75 bits per heavy atom. The van der Waals surface area contributed by atoms with E-state index < -0.39 is 6.10 Å². The van der Waals surface area contributed by atoms with Crippen molar-refractivity contribution >= 4 is 29.1 Å². The normalized spacial score (nSPS) is 12.5. The molecule has 0 saturated heterocycles. The predicted octanol–water partition coefficient (Wildman–Crippen LogP) is 5.62. The second kappa shape index (κ2) is 11.1. The van der Waals surface area contributed by atoms with Gasteiger partial charge >= 0.3 is 0 Å². The molecular weight excluding hydrogens is 451 g/mol. The van der Waals surface area contributed by atoms with Crippen LogP contribution in [-0.4, -0.2) is 24.1 Å². The highest BCUT2D eigenvalue weighted by Crippen LogP contribution is 2.31. The first-order chi connectivity index (χ1) is 15.4. The van der Waals surface area contributed by atoms with E-state index in [4.69, 9.17) is 37.4 Å². The molecule has 0 saturated carbocycles. The number of ether oxygens (including phenoxy) is 3. The molecule has 2 unspecified atom stereocenters. The average Bonchev–Trinajstić information content (AvgIpc) is 2.80. The second-order valence-corrected chi connectivity index (χ2v) is 7.94. The van der Waals surface area contributed by atoms with E-state index in [9.17, 15) is 4.79 Å². The molecule has 3 rings (SSSR count). The molecular formula is C24H24Cl2N2O4. The van der Waals surface area contributed by atoms with Crippen molar-refractivity contribution in [2.24, 2.45) is 0 Å². The molecule has 6 nitrogen and oxygen atoms in total. The zero-order valence-corrected chi connectivity index (χ0v) is 19.5. The van der Waals surface area contributed by atoms with Crippen molar-refractivity contribution in [3.8, 4) is 17.2 Å². The van der Waals surface area contributed by atoms with E-state index in [0.717, 1.165) is 11.1 Å². The number of nitrogens with one attached hydrogen (secondary N) is 1. The molecule has 1 heterocycles. The molecule has 0 aliphatic carbocycles. The van der Waals surface area contributed by atoms with Crippen LogP contribution in [0.4, 0.5) is 0 Å². The number of aromatic nitrogens is 1. The Balaban J connectivity index is 1.61. The van der Waals surface area contributed by atoms with Gasteiger partial charge in [0.05, 0.1) is 23.2 Å². The van der Waals surface area contributed by atoms with Crippen LogP contribution in [0.25, 0.3) is 0 Å². The first kappa shape index (κ1) is 23.7. The third kappa shape index (κ3) is 6.28. The fraction of sp³-hybridized carbons (Fsp3) is 0.250. The number of pyridine rings is 1. The van der Waals surface area contributed by atoms with Gasteiger partial charge in [-0.05, 0) is 61.4 Å². The number of rotatable bonds is 9. The molecule has 3 aromatic rings. The van der Waals surface area contributed by atoms with E-state index in [1.807, 2.05) is 37.3 Å². The third-order valence-corrected chi connectivity index (χ3v) is 5.50. The summed E-state index contributed by atoms with van der Waals surface area (Å²) in [5.74, 6) is 1.40. The van der Waals surface area contributed by atoms with Gasteiger partial charge in [0.15, 0.2) is 17.6 Å². The van der Waals surface area contributed by atoms with Crippen molar-refractivity contribution in [1.82, 2.24) is 10.3 Å². The SMILES string of the molecule is COc1cc(C(C)NC(=O)C(C)Oc2ccc(Cl)c(Cl)c2)ccc1OCc1ccncc1. The zero-order chi connectivity index (χ0) is 23.1. The van der Waals surface area contributed by atoms with Gasteiger partial charge in [0.2, 0.25) is 0 Å². The summed E-state index contributed by atoms with van der Waals surface area (Å²) in [6.07, 6.45) is 2.71. The summed E-state index contributed by atoms with van der Waals surface area (Å²) < 4.78 is 17.0. The Kier molecular flexibility index (Phi) is 8.20. The molecule has 0 spiro atoms. The van der Waals surface area contributed by atoms with Crippen LogP contribution >= 0.6 is 23.2 Å². The molecule has 0 fully saturated rings. The Hall–Kier alpha value is -2.96. The molecule has 1 amide bonds. The first-order valence-corrected chi connectivity index (χ1v) is 10.7. The minimum Gasteiger partial charge on any atom is -0.493 e. The van der Waals surface area contributed by atoms with Crippen molar-refractivity contribution in [3.63, 3.8) is 0 Å². The van der Waals surface area contributed by atoms with Crippen LogP contribution < -0.4 is 19.5 Å². The predicted molar refractivity (Wildman–Crippen MR) is 125 cm³/mol. The highest BCUT2D eigenvalue weighted by atomic mass is 35.5. The first-order valence-electron chi connectivity index (χ1n) is 9.99. The lowest BCUT2D eigenvalue weighted by molar-refractivity contribution is -0.127. The Morgan fingerprint density at radius 3 is 2.44 bits per heavy atom. The fourth-order valence-electron chi connectivity index (χ4n) is 2.93. The van der Waals surface area contributed by atoms with Crippen LogP contribution in [-0.2, 0) is 11.4 Å². The maximum Gasteiger partial charge on any atom is 0.261 e. The van der Waals surface area contributed by atoms with E-state index in [1.54, 1.807) is 44.6 Å². The summed E-state index contributed by atoms with van der Waals surface area (Å²) in [7, 11) is 1.58. The molecule has 0 bridgehead atoms. The van der Waals surface area contributed by atoms with Gasteiger partial charge in [0.1, 0.15) is 12.4 Å². The van der Waals surface area contributed by atoms with Crippen LogP contribution in [0.15, 0.2) is 60.9 Å². The molecule has 8 heteroatoms. The highest BCUT2D eigenvalue weighted by molar-refractivity contribution is 6.42. The number of carbonyl (C=O) groups excluding carboxylic acids is 1. The van der Waals surface area contributed by atoms with Crippen LogP contribution in [0.3, 0.4) is 0 Å². The average molecular weight is 475 g/mol. The van der Waals surface area contributed by atoms with E-state index >= 15 is 0 Å². The summed E-state index contributed by atoms with van der Waals surface area (Å²) in [6.45, 7) is 3.95. The minimum absolute atomic E-state index is 0.263. The van der Waals surface area contributed by atoms with Crippen molar-refractivity contribution in [2.75, 3.05) is 7.11 Å². The number of benzene rings is 2.